The Morgan fingerprint density at radius 1 is 0.321 bits per heavy atom. The van der Waals surface area contributed by atoms with Crippen molar-refractivity contribution in [3.63, 3.8) is 0 Å². The number of ether oxygens (including phenoxy) is 9. The van der Waals surface area contributed by atoms with Crippen LogP contribution in [0.3, 0.4) is 0 Å². The van der Waals surface area contributed by atoms with E-state index in [1.165, 1.54) is 66.9 Å². The molecule has 134 heavy (non-hydrogen) atoms. The minimum atomic E-state index is -0.384. The van der Waals surface area contributed by atoms with E-state index in [1.807, 2.05) is 120 Å². The summed E-state index contributed by atoms with van der Waals surface area (Å²) in [6.07, 6.45) is 14.9. The van der Waals surface area contributed by atoms with Crippen LogP contribution in [-0.4, -0.2) is 102 Å². The van der Waals surface area contributed by atoms with E-state index in [0.29, 0.717) is 88.0 Å². The van der Waals surface area contributed by atoms with Crippen LogP contribution in [0.25, 0.3) is 68.9 Å². The lowest BCUT2D eigenvalue weighted by molar-refractivity contribution is -0.121. The highest BCUT2D eigenvalue weighted by atomic mass is 19.1. The number of aryl methyl sites for hydroxylation is 2. The normalized spacial score (nSPS) is 13.8. The Kier molecular flexibility index (Phi) is 31.0. The standard InChI is InChI=1S/C27H24FNO6.C27H27NO6.C27H27NO4.C26H24FNO5/c1-16-21(9-17-10-24(32-2)27(35-15-30)25(11-17)33-3)20-7-6-18(28)12-23(20)22(16)13-26(31)29-14-19-5-4-8-34-19;1-16-21(10-17-11-24(32-3)27(30)25(12-17)33-4)20-8-7-18(31-2)13-23(20)22(16)14-26(29)28-15-19-6-5-9-34-19;1-16-10-19(11-17(2)27(16)30)12-23-18(3)24(25-13-20(31-4)7-8-22(23)25)14-26(29)28-15-21-6-5-9-32-21;1-15-20(9-16-10-23(31-2)26(30)24(11-16)32-3)19-7-6-17(27)12-22(19)21(15)13-25(29)28-14-18-5-4-8-33-18/h4-12,15H,13-14H2,1-3H3,(H,29,31);5-13,30H,14-15H2,1-4H3,(H,28,29);5-13,30H,14-15H2,1-4H3,(H,28,29);4-12,30H,13-14H2,1-3H3,(H,28,29)/b21-9-;21-10-;23-12-;20-9-. The van der Waals surface area contributed by atoms with Crippen LogP contribution in [-0.2, 0) is 50.2 Å². The quantitative estimate of drug-likeness (QED) is 0.0206. The van der Waals surface area contributed by atoms with Gasteiger partial charge in [-0.1, -0.05) is 24.3 Å². The Bertz CT molecular complexity index is 6580. The predicted molar refractivity (Wildman–Crippen MR) is 508 cm³/mol. The van der Waals surface area contributed by atoms with Crippen molar-refractivity contribution < 1.29 is 108 Å². The summed E-state index contributed by atoms with van der Waals surface area (Å²) in [5.74, 6) is 5.05. The largest absolute Gasteiger partial charge is 0.507 e. The molecule has 27 heteroatoms. The Hall–Kier alpha value is -16.2. The molecular formula is C107H102F2N4O21. The van der Waals surface area contributed by atoms with Gasteiger partial charge in [-0.15, -0.1) is 0 Å². The maximum Gasteiger partial charge on any atom is 0.298 e. The molecular weight excluding hydrogens is 1720 g/mol. The summed E-state index contributed by atoms with van der Waals surface area (Å²) in [6.45, 7) is 13.2. The molecule has 8 aromatic carbocycles. The zero-order chi connectivity index (χ0) is 95.6. The maximum absolute atomic E-state index is 14.2. The highest BCUT2D eigenvalue weighted by Crippen LogP contribution is 2.51. The van der Waals surface area contributed by atoms with Crippen LogP contribution in [0.4, 0.5) is 8.78 Å². The van der Waals surface area contributed by atoms with E-state index in [-0.39, 0.29) is 103 Å². The third-order valence-electron chi connectivity index (χ3n) is 23.2. The summed E-state index contributed by atoms with van der Waals surface area (Å²) in [6, 6.07) is 49.5. The van der Waals surface area contributed by atoms with Gasteiger partial charge in [0, 0.05) is 0 Å². The number of phenols is 3. The Balaban J connectivity index is 0.000000152. The van der Waals surface area contributed by atoms with Crippen molar-refractivity contribution >= 4 is 99.0 Å². The van der Waals surface area contributed by atoms with Gasteiger partial charge in [0.15, 0.2) is 34.5 Å². The summed E-state index contributed by atoms with van der Waals surface area (Å²) < 4.78 is 97.2. The average molecular weight is 1820 g/mol. The molecule has 0 bridgehead atoms. The second-order valence-electron chi connectivity index (χ2n) is 31.5. The number of carbonyl (C=O) groups is 5. The molecule has 690 valence electrons. The van der Waals surface area contributed by atoms with E-state index in [0.717, 1.165) is 140 Å². The van der Waals surface area contributed by atoms with E-state index < -0.39 is 0 Å². The topological polar surface area (TPSA) is 330 Å². The smallest absolute Gasteiger partial charge is 0.298 e. The number of rotatable bonds is 30. The summed E-state index contributed by atoms with van der Waals surface area (Å²) >= 11 is 0. The fourth-order valence-electron chi connectivity index (χ4n) is 16.4. The van der Waals surface area contributed by atoms with Gasteiger partial charge >= 0.3 is 0 Å². The molecule has 0 saturated heterocycles. The Morgan fingerprint density at radius 2 is 0.582 bits per heavy atom. The number of amides is 4. The van der Waals surface area contributed by atoms with Crippen molar-refractivity contribution in [2.45, 2.75) is 93.4 Å². The van der Waals surface area contributed by atoms with E-state index >= 15 is 0 Å². The monoisotopic (exact) mass is 1820 g/mol. The molecule has 0 aliphatic heterocycles. The number of nitrogens with one attached hydrogen (secondary N) is 4. The third-order valence-corrected chi connectivity index (χ3v) is 23.2. The highest BCUT2D eigenvalue weighted by molar-refractivity contribution is 6.12. The first kappa shape index (κ1) is 95.4. The molecule has 0 radical (unpaired) electrons. The first-order valence-electron chi connectivity index (χ1n) is 42.6. The molecule has 4 aliphatic rings. The number of furan rings is 4. The molecule has 0 saturated carbocycles. The van der Waals surface area contributed by atoms with Crippen LogP contribution in [0, 0.1) is 25.5 Å². The molecule has 0 atom stereocenters. The van der Waals surface area contributed by atoms with Crippen LogP contribution >= 0.6 is 0 Å². The van der Waals surface area contributed by atoms with Crippen molar-refractivity contribution in [1.29, 1.82) is 0 Å². The third kappa shape index (κ3) is 22.1. The first-order valence-corrected chi connectivity index (χ1v) is 42.6. The summed E-state index contributed by atoms with van der Waals surface area (Å²) in [4.78, 5) is 61.7. The average Bonchev–Trinajstić information content (AvgIpc) is 1.63. The fourth-order valence-corrected chi connectivity index (χ4v) is 16.4. The molecule has 4 heterocycles. The summed E-state index contributed by atoms with van der Waals surface area (Å²) in [7, 11) is 12.1. The number of methoxy groups -OCH3 is 8. The van der Waals surface area contributed by atoms with Gasteiger partial charge in [-0.3, -0.25) is 24.0 Å². The van der Waals surface area contributed by atoms with E-state index in [1.54, 1.807) is 124 Å². The van der Waals surface area contributed by atoms with Gasteiger partial charge in [0.05, 0.1) is 134 Å². The van der Waals surface area contributed by atoms with Crippen LogP contribution in [0.5, 0.6) is 69.0 Å². The molecule has 12 aromatic rings. The van der Waals surface area contributed by atoms with Gasteiger partial charge in [-0.25, -0.2) is 8.78 Å². The number of hydrogen-bond acceptors (Lipinski definition) is 21. The Labute approximate surface area is 773 Å². The van der Waals surface area contributed by atoms with Gasteiger partial charge in [-0.05, 0) is 356 Å². The summed E-state index contributed by atoms with van der Waals surface area (Å²) in [5.41, 5.74) is 22.9. The zero-order valence-corrected chi connectivity index (χ0v) is 76.5. The lowest BCUT2D eigenvalue weighted by Crippen LogP contribution is -2.22. The molecule has 7 N–H and O–H groups in total. The molecule has 4 aromatic heterocycles. The lowest BCUT2D eigenvalue weighted by atomic mass is 9.98. The molecule has 0 fully saturated rings. The van der Waals surface area contributed by atoms with Gasteiger partial charge in [0.25, 0.3) is 6.47 Å². The number of carbonyl (C=O) groups excluding carboxylic acids is 5. The van der Waals surface area contributed by atoms with Gasteiger partial charge in [-0.2, -0.15) is 0 Å². The van der Waals surface area contributed by atoms with Gasteiger partial charge < -0.3 is 96.9 Å². The maximum atomic E-state index is 14.2. The molecule has 4 amide bonds. The summed E-state index contributed by atoms with van der Waals surface area (Å²) in [5, 5.41) is 42.1. The van der Waals surface area contributed by atoms with Gasteiger partial charge in [0.2, 0.25) is 40.9 Å². The van der Waals surface area contributed by atoms with Crippen molar-refractivity contribution in [3.05, 3.63) is 330 Å². The SMILES string of the molecule is COc1cc(/C=C2/C(C)=C(CC(=O)NCc3ccco3)c3cc(F)ccc32)cc(OC)c1O.COc1cc(/C=C2/C(C)=C(CC(=O)NCc3ccco3)c3cc(F)ccc32)cc(OC)c1OC=O.COc1ccc2c(c1)C(CC(=O)NCc1ccco1)=C(C)/C2=C/c1cc(C)c(O)c(C)c1.COc1ccc2c(c1)C(CC(=O)NCc1ccco1)=C(C)/C2=C/c1cc(OC)c(O)c(OC)c1. The Morgan fingerprint density at radius 3 is 0.836 bits per heavy atom. The minimum Gasteiger partial charge on any atom is -0.507 e. The molecule has 0 unspecified atom stereocenters. The van der Waals surface area contributed by atoms with Crippen molar-refractivity contribution in [1.82, 2.24) is 21.3 Å². The van der Waals surface area contributed by atoms with Crippen molar-refractivity contribution in [3.8, 4) is 69.0 Å². The number of fused-ring (bicyclic) bond motifs is 4. The first-order chi connectivity index (χ1) is 64.7. The highest BCUT2D eigenvalue weighted by Gasteiger charge is 2.32. The van der Waals surface area contributed by atoms with Gasteiger partial charge in [0.1, 0.15) is 51.9 Å². The molecule has 16 rings (SSSR count). The van der Waals surface area contributed by atoms with Crippen LogP contribution in [0.1, 0.15) is 154 Å². The second-order valence-corrected chi connectivity index (χ2v) is 31.5. The number of aromatic hydroxyl groups is 3. The number of phenolic OH excluding ortho intramolecular Hbond substituents is 3. The van der Waals surface area contributed by atoms with Crippen LogP contribution in [0.2, 0.25) is 0 Å². The number of benzene rings is 8. The molecule has 4 aliphatic carbocycles. The second kappa shape index (κ2) is 43.5. The zero-order valence-electron chi connectivity index (χ0n) is 76.5. The van der Waals surface area contributed by atoms with Crippen LogP contribution in [0.15, 0.2) is 235 Å². The van der Waals surface area contributed by atoms with E-state index in [2.05, 4.69) is 27.3 Å². The molecule has 25 nitrogen and oxygen atoms in total. The predicted octanol–water partition coefficient (Wildman–Crippen LogP) is 20.9. The van der Waals surface area contributed by atoms with E-state index in [4.69, 9.17) is 60.3 Å². The van der Waals surface area contributed by atoms with Crippen molar-refractivity contribution in [2.75, 3.05) is 56.9 Å². The van der Waals surface area contributed by atoms with Crippen LogP contribution < -0.4 is 63.9 Å². The number of halogens is 2. The van der Waals surface area contributed by atoms with E-state index in [9.17, 15) is 48.1 Å². The number of hydrogen-bond donors (Lipinski definition) is 7. The lowest BCUT2D eigenvalue weighted by Gasteiger charge is -2.13. The minimum absolute atomic E-state index is 0.0510. The fraction of sp³-hybridized carbons (Fsp3) is 0.206. The van der Waals surface area contributed by atoms with Crippen molar-refractivity contribution in [2.24, 2.45) is 0 Å². The number of allylic oxidation sites excluding steroid dienone is 8. The molecule has 0 spiro atoms.